The Morgan fingerprint density at radius 1 is 0.642 bits per heavy atom. The lowest BCUT2D eigenvalue weighted by atomic mass is 10.2. The van der Waals surface area contributed by atoms with E-state index in [0.717, 1.165) is 93.5 Å². The van der Waals surface area contributed by atoms with Crippen molar-refractivity contribution in [3.05, 3.63) is 215 Å². The zero-order chi connectivity index (χ0) is 92.7. The van der Waals surface area contributed by atoms with Crippen LogP contribution in [-0.4, -0.2) is 166 Å². The summed E-state index contributed by atoms with van der Waals surface area (Å²) in [6, 6.07) is 31.8. The lowest BCUT2D eigenvalue weighted by Gasteiger charge is -2.23. The van der Waals surface area contributed by atoms with Crippen molar-refractivity contribution >= 4 is 187 Å². The first-order chi connectivity index (χ1) is 57.4. The van der Waals surface area contributed by atoms with Crippen LogP contribution >= 0.6 is 92.1 Å². The Bertz CT molecular complexity index is 5230. The Balaban J connectivity index is 0.000000702. The van der Waals surface area contributed by atoms with Gasteiger partial charge >= 0.3 is 5.69 Å². The Morgan fingerprint density at radius 3 is 1.37 bits per heavy atom. The Kier molecular flexibility index (Phi) is 50.1. The van der Waals surface area contributed by atoms with Crippen LogP contribution in [0.2, 0.25) is 39.3 Å². The number of anilines is 3. The third-order valence-electron chi connectivity index (χ3n) is 17.1. The van der Waals surface area contributed by atoms with Crippen molar-refractivity contribution in [2.24, 2.45) is 11.5 Å². The average Bonchev–Trinajstić information content (AvgIpc) is 1.60. The maximum Gasteiger partial charge on any atom is 0.305 e. The number of primary amides is 1. The van der Waals surface area contributed by atoms with Crippen LogP contribution in [0.15, 0.2) is 144 Å². The molecule has 11 rings (SSSR count). The number of halogens is 7. The van der Waals surface area contributed by atoms with Crippen LogP contribution in [0.4, 0.5) is 38.6 Å². The van der Waals surface area contributed by atoms with Gasteiger partial charge in [0.1, 0.15) is 61.0 Å². The third-order valence-corrected chi connectivity index (χ3v) is 21.3. The van der Waals surface area contributed by atoms with Crippen LogP contribution in [-0.2, 0) is 43.4 Å². The number of methoxy groups -OCH3 is 4. The standard InChI is InChI=1S/C15H20N2Si.C14H20BrN5O3.C12H12N2.C10H11BrN2.2C8H9BrN2O2.C6H3BrFNO2.C5H12O3.C5H10Si.C2H7N.ClH/c1-6-17-12(2)16-14-11-13(7-8-15(14)17)9-10-18(3,4)5;1-4-10(21)19-6-8(5-9(19)7-23-3)20-14(17-2)11(13(16)22)12(15)18-20;1-4-10-6-7-12-11(8-10)13-9(3)14(12)5-2;1-3-13-7(2)12-9-6-8(11)4-5-10(9)13;2*1-2-10-7-4-3-6(9)5-8(7)11(12)13;7-4-1-2-5(8)6(3-4)9(10)11;1-5(6-2,7-3)8-4;1-5-6(2,3)4;1-2-3;/h7-8,11H,6H2,1-5H3;4,8-9,17H,1,5-7H2,2-3H3,(H2,16,22);1,6-8H,5H2,2-3H3;4-6H,3H2,1-2H3;2*3-5,10H,2H2,1H3;1-3H;1-4H3;1H,2-4H3;2-3H2,1H3;1H/t;8-,9+;;;;;;;;;/m.0........./s1. The molecule has 7 N–H and O–H groups in total. The quantitative estimate of drug-likeness (QED) is 0.0125. The predicted octanol–water partition coefficient (Wildman–Crippen LogP) is 20.4. The molecule has 2 atom stereocenters. The van der Waals surface area contributed by atoms with Gasteiger partial charge in [-0.25, -0.2) is 19.6 Å². The highest BCUT2D eigenvalue weighted by atomic mass is 79.9. The number of terminal acetylenes is 2. The van der Waals surface area contributed by atoms with E-state index in [2.05, 4.69) is 262 Å². The molecule has 29 nitrogen and oxygen atoms in total. The number of nitro benzene ring substituents is 3. The number of aryl methyl sites for hydroxylation is 6. The summed E-state index contributed by atoms with van der Waals surface area (Å²) in [7, 11) is 5.44. The minimum absolute atomic E-state index is 0. The number of hydrogen-bond acceptors (Lipinski definition) is 20. The fourth-order valence-corrected chi connectivity index (χ4v) is 13.6. The summed E-state index contributed by atoms with van der Waals surface area (Å²) < 4.78 is 43.8. The summed E-state index contributed by atoms with van der Waals surface area (Å²) in [6.07, 6.45) is 12.4. The fourth-order valence-electron chi connectivity index (χ4n) is 11.2. The fraction of sp³-hybridized carbons (Fsp3) is 0.388. The van der Waals surface area contributed by atoms with Gasteiger partial charge in [0.2, 0.25) is 11.7 Å². The normalized spacial score (nSPS) is 12.2. The summed E-state index contributed by atoms with van der Waals surface area (Å²) >= 11 is 16.1. The van der Waals surface area contributed by atoms with Crippen LogP contribution in [0.1, 0.15) is 99.9 Å². The van der Waals surface area contributed by atoms with E-state index < -0.39 is 54.3 Å². The van der Waals surface area contributed by atoms with Crippen molar-refractivity contribution in [2.75, 3.05) is 84.2 Å². The van der Waals surface area contributed by atoms with Gasteiger partial charge < -0.3 is 65.0 Å². The zero-order valence-corrected chi connectivity index (χ0v) is 84.2. The highest BCUT2D eigenvalue weighted by Gasteiger charge is 2.38. The van der Waals surface area contributed by atoms with E-state index in [1.807, 2.05) is 52.8 Å². The van der Waals surface area contributed by atoms with E-state index in [9.17, 15) is 44.3 Å². The minimum Gasteiger partial charge on any atom is -0.383 e. The number of nitro groups is 3. The molecule has 0 aliphatic carbocycles. The van der Waals surface area contributed by atoms with E-state index in [1.54, 1.807) is 54.9 Å². The number of nitrogens with one attached hydrogen (secondary N) is 3. The van der Waals surface area contributed by atoms with Gasteiger partial charge in [0, 0.05) is 129 Å². The highest BCUT2D eigenvalue weighted by molar-refractivity contribution is 9.11. The number of likely N-dealkylation sites (tertiary alicyclic amines) is 1. The van der Waals surface area contributed by atoms with E-state index >= 15 is 0 Å². The smallest absolute Gasteiger partial charge is 0.305 e. The second-order valence-corrected chi connectivity index (χ2v) is 42.1. The van der Waals surface area contributed by atoms with Gasteiger partial charge in [-0.3, -0.25) is 39.9 Å². The van der Waals surface area contributed by atoms with Gasteiger partial charge in [0.15, 0.2) is 0 Å². The summed E-state index contributed by atoms with van der Waals surface area (Å²) in [6.45, 7) is 42.5. The first kappa shape index (κ1) is 112. The molecule has 2 amide bonds. The van der Waals surface area contributed by atoms with Gasteiger partial charge in [-0.05, 0) is 181 Å². The van der Waals surface area contributed by atoms with Crippen LogP contribution in [0.25, 0.3) is 33.1 Å². The summed E-state index contributed by atoms with van der Waals surface area (Å²) in [5.74, 6) is 7.20. The van der Waals surface area contributed by atoms with Crippen molar-refractivity contribution in [2.45, 2.75) is 153 Å². The number of hydrogen-bond donors (Lipinski definition) is 5. The van der Waals surface area contributed by atoms with Crippen LogP contribution in [0.5, 0.6) is 0 Å². The minimum atomic E-state index is -1.31. The molecule has 5 heterocycles. The highest BCUT2D eigenvalue weighted by Crippen LogP contribution is 2.35. The molecule has 1 saturated heterocycles. The Labute approximate surface area is 771 Å². The van der Waals surface area contributed by atoms with Crippen molar-refractivity contribution in [3.63, 3.8) is 0 Å². The number of benzene rings is 6. The monoisotopic (exact) mass is 2070 g/mol. The third kappa shape index (κ3) is 36.1. The average molecular weight is 2080 g/mol. The molecule has 1 fully saturated rings. The van der Waals surface area contributed by atoms with Crippen molar-refractivity contribution in [1.82, 2.24) is 43.3 Å². The van der Waals surface area contributed by atoms with Crippen molar-refractivity contribution < 1.29 is 47.7 Å². The van der Waals surface area contributed by atoms with Gasteiger partial charge in [-0.1, -0.05) is 128 Å². The van der Waals surface area contributed by atoms with E-state index in [4.69, 9.17) is 43.3 Å². The molecule has 0 bridgehead atoms. The number of carbonyl (C=O) groups excluding carboxylic acids is 2. The van der Waals surface area contributed by atoms with Crippen molar-refractivity contribution in [3.8, 4) is 35.8 Å². The number of nitrogens with two attached hydrogens (primary N) is 2. The number of carbonyl (C=O) groups is 2. The molecular weight excluding hydrogens is 1960 g/mol. The van der Waals surface area contributed by atoms with Gasteiger partial charge in [-0.2, -0.15) is 9.49 Å². The topological polar surface area (TPSA) is 363 Å². The molecule has 0 spiro atoms. The van der Waals surface area contributed by atoms with E-state index in [1.165, 1.54) is 56.6 Å². The number of amides is 2. The molecule has 38 heteroatoms. The number of aromatic nitrogens is 8. The molecule has 10 aromatic rings. The van der Waals surface area contributed by atoms with E-state index in [0.29, 0.717) is 73.4 Å². The van der Waals surface area contributed by atoms with Gasteiger partial charge in [0.05, 0.1) is 66.6 Å². The zero-order valence-electron chi connectivity index (χ0n) is 73.4. The molecule has 668 valence electrons. The van der Waals surface area contributed by atoms with Crippen LogP contribution in [0.3, 0.4) is 0 Å². The Hall–Kier alpha value is -9.25. The lowest BCUT2D eigenvalue weighted by molar-refractivity contribution is -0.387. The lowest BCUT2D eigenvalue weighted by Crippen LogP contribution is -2.37. The molecule has 0 unspecified atom stereocenters. The molecule has 1 aliphatic rings. The van der Waals surface area contributed by atoms with Gasteiger partial charge in [-0.15, -0.1) is 36.3 Å². The number of fused-ring (bicyclic) bond motifs is 3. The Morgan fingerprint density at radius 2 is 1.02 bits per heavy atom. The number of imidazole rings is 3. The maximum atomic E-state index is 12.6. The molecular formula is C85H114Br5ClFN17O12Si2. The van der Waals surface area contributed by atoms with E-state index in [-0.39, 0.29) is 41.8 Å². The number of ether oxygens (including phenoxy) is 4. The molecule has 6 aromatic carbocycles. The molecule has 0 saturated carbocycles. The predicted molar refractivity (Wildman–Crippen MR) is 520 cm³/mol. The van der Waals surface area contributed by atoms with Crippen LogP contribution in [0, 0.1) is 92.7 Å². The maximum absolute atomic E-state index is 12.6. The van der Waals surface area contributed by atoms with Crippen LogP contribution < -0.4 is 27.4 Å². The molecule has 4 aromatic heterocycles. The second kappa shape index (κ2) is 55.2. The first-order valence-electron chi connectivity index (χ1n) is 38.4. The number of nitrogens with zero attached hydrogens (tertiary/aromatic N) is 12. The summed E-state index contributed by atoms with van der Waals surface area (Å²) in [5.41, 5.74) is 26.1. The number of rotatable bonds is 19. The SMILES string of the molecule is C#C[Si](C)(C)C.C#Cc1ccc2c(c1)nc(C)n2CC.C=CC(=O)N1C[C@@H](n2nc(Br)c(C(N)=O)c2NC)C[C@@H]1COC.CCN.CCNc1ccc(Br)cc1[N+](=O)[O-].CCNc1ccc(Br)cc1[N+](=O)[O-].CCn1c(C)nc2cc(Br)ccc21.CCn1c(C)nc2cc(C#C[Si](C)(C)C)ccc21.COC(C)(OC)OC.Cl.O=[N+]([O-])c1cc(Br)ccc1F. The largest absolute Gasteiger partial charge is 0.383 e. The van der Waals surface area contributed by atoms with Gasteiger partial charge in [0.25, 0.3) is 23.3 Å². The van der Waals surface area contributed by atoms with Crippen molar-refractivity contribution in [1.29, 1.82) is 0 Å². The molecule has 1 aliphatic heterocycles. The molecule has 123 heavy (non-hydrogen) atoms. The molecule has 0 radical (unpaired) electrons. The summed E-state index contributed by atoms with van der Waals surface area (Å²) in [4.78, 5) is 68.6. The first-order valence-corrected chi connectivity index (χ1v) is 49.4. The summed E-state index contributed by atoms with van der Waals surface area (Å²) in [5, 5.41) is 44.5. The second-order valence-electron chi connectivity index (χ2n) is 28.2.